The van der Waals surface area contributed by atoms with E-state index in [-0.39, 0.29) is 11.9 Å². The van der Waals surface area contributed by atoms with E-state index < -0.39 is 0 Å². The SMILES string of the molecule is CCCn1nncc1C(N)c1ccc(F)cc1. The zero-order chi connectivity index (χ0) is 12.3. The summed E-state index contributed by atoms with van der Waals surface area (Å²) >= 11 is 0. The third kappa shape index (κ3) is 2.50. The van der Waals surface area contributed by atoms with Crippen LogP contribution in [0.3, 0.4) is 0 Å². The number of benzene rings is 1. The van der Waals surface area contributed by atoms with Gasteiger partial charge in [-0.25, -0.2) is 9.07 Å². The van der Waals surface area contributed by atoms with Crippen molar-refractivity contribution in [3.05, 3.63) is 47.5 Å². The molecule has 17 heavy (non-hydrogen) atoms. The Bertz CT molecular complexity index is 478. The highest BCUT2D eigenvalue weighted by Crippen LogP contribution is 2.18. The minimum Gasteiger partial charge on any atom is -0.319 e. The van der Waals surface area contributed by atoms with Gasteiger partial charge in [-0.15, -0.1) is 5.10 Å². The minimum atomic E-state index is -0.322. The van der Waals surface area contributed by atoms with Crippen molar-refractivity contribution >= 4 is 0 Å². The summed E-state index contributed by atoms with van der Waals surface area (Å²) in [5.41, 5.74) is 7.82. The molecule has 2 N–H and O–H groups in total. The minimum absolute atomic E-state index is 0.263. The average Bonchev–Trinajstić information content (AvgIpc) is 2.78. The number of aromatic nitrogens is 3. The molecule has 2 rings (SSSR count). The van der Waals surface area contributed by atoms with Crippen LogP contribution in [0.5, 0.6) is 0 Å². The molecule has 0 amide bonds. The average molecular weight is 234 g/mol. The Labute approximate surface area is 99.2 Å². The molecule has 4 nitrogen and oxygen atoms in total. The first kappa shape index (κ1) is 11.7. The van der Waals surface area contributed by atoms with Gasteiger partial charge in [0.2, 0.25) is 0 Å². The largest absolute Gasteiger partial charge is 0.319 e. The molecule has 1 aromatic heterocycles. The van der Waals surface area contributed by atoms with Crippen molar-refractivity contribution < 1.29 is 4.39 Å². The maximum absolute atomic E-state index is 12.8. The van der Waals surface area contributed by atoms with Gasteiger partial charge in [-0.3, -0.25) is 0 Å². The van der Waals surface area contributed by atoms with Crippen LogP contribution < -0.4 is 5.73 Å². The van der Waals surface area contributed by atoms with Gasteiger partial charge in [0.1, 0.15) is 5.82 Å². The maximum atomic E-state index is 12.8. The van der Waals surface area contributed by atoms with Crippen molar-refractivity contribution in [1.82, 2.24) is 15.0 Å². The van der Waals surface area contributed by atoms with Crippen LogP contribution in [0.25, 0.3) is 0 Å². The van der Waals surface area contributed by atoms with E-state index in [1.165, 1.54) is 12.1 Å². The smallest absolute Gasteiger partial charge is 0.123 e. The van der Waals surface area contributed by atoms with Gasteiger partial charge in [0, 0.05) is 6.54 Å². The van der Waals surface area contributed by atoms with Gasteiger partial charge in [-0.1, -0.05) is 24.3 Å². The van der Waals surface area contributed by atoms with Crippen LogP contribution >= 0.6 is 0 Å². The molecule has 90 valence electrons. The van der Waals surface area contributed by atoms with Crippen molar-refractivity contribution in [3.8, 4) is 0 Å². The van der Waals surface area contributed by atoms with E-state index >= 15 is 0 Å². The molecule has 0 fully saturated rings. The molecule has 0 radical (unpaired) electrons. The standard InChI is InChI=1S/C12H15FN4/c1-2-7-17-11(8-15-16-17)12(14)9-3-5-10(13)6-4-9/h3-6,8,12H,2,7,14H2,1H3. The number of nitrogens with zero attached hydrogens (tertiary/aromatic N) is 3. The Hall–Kier alpha value is -1.75. The van der Waals surface area contributed by atoms with Crippen LogP contribution in [0.1, 0.15) is 30.6 Å². The number of hydrogen-bond donors (Lipinski definition) is 1. The molecule has 0 saturated carbocycles. The first-order valence-electron chi connectivity index (χ1n) is 5.61. The Balaban J connectivity index is 2.26. The van der Waals surface area contributed by atoms with Crippen molar-refractivity contribution in [3.63, 3.8) is 0 Å². The first-order chi connectivity index (χ1) is 8.22. The van der Waals surface area contributed by atoms with Crippen LogP contribution in [0.2, 0.25) is 0 Å². The summed E-state index contributed by atoms with van der Waals surface area (Å²) in [6, 6.07) is 5.86. The van der Waals surface area contributed by atoms with E-state index in [1.807, 2.05) is 0 Å². The summed E-state index contributed by atoms with van der Waals surface area (Å²) in [5.74, 6) is -0.263. The highest BCUT2D eigenvalue weighted by atomic mass is 19.1. The molecule has 0 bridgehead atoms. The van der Waals surface area contributed by atoms with Gasteiger partial charge >= 0.3 is 0 Å². The van der Waals surface area contributed by atoms with E-state index in [4.69, 9.17) is 5.73 Å². The molecule has 1 heterocycles. The molecule has 1 aromatic carbocycles. The summed E-state index contributed by atoms with van der Waals surface area (Å²) in [6.45, 7) is 2.85. The fourth-order valence-electron chi connectivity index (χ4n) is 1.73. The predicted octanol–water partition coefficient (Wildman–Crippen LogP) is 1.88. The lowest BCUT2D eigenvalue weighted by Crippen LogP contribution is -2.17. The zero-order valence-corrected chi connectivity index (χ0v) is 9.68. The Kier molecular flexibility index (Phi) is 3.49. The van der Waals surface area contributed by atoms with Crippen molar-refractivity contribution in [2.24, 2.45) is 5.73 Å². The van der Waals surface area contributed by atoms with Gasteiger partial charge in [-0.2, -0.15) is 0 Å². The number of rotatable bonds is 4. The monoisotopic (exact) mass is 234 g/mol. The molecule has 1 unspecified atom stereocenters. The number of halogens is 1. The summed E-state index contributed by atoms with van der Waals surface area (Å²) in [5, 5.41) is 7.85. The maximum Gasteiger partial charge on any atom is 0.123 e. The van der Waals surface area contributed by atoms with Crippen molar-refractivity contribution in [1.29, 1.82) is 0 Å². The van der Waals surface area contributed by atoms with Gasteiger partial charge in [-0.05, 0) is 24.1 Å². The molecule has 0 saturated heterocycles. The fraction of sp³-hybridized carbons (Fsp3) is 0.333. The van der Waals surface area contributed by atoms with E-state index in [0.717, 1.165) is 24.2 Å². The second kappa shape index (κ2) is 5.05. The van der Waals surface area contributed by atoms with Crippen LogP contribution in [0, 0.1) is 5.82 Å². The lowest BCUT2D eigenvalue weighted by molar-refractivity contribution is 0.543. The highest BCUT2D eigenvalue weighted by molar-refractivity contribution is 5.26. The predicted molar refractivity (Wildman–Crippen MR) is 62.7 cm³/mol. The van der Waals surface area contributed by atoms with E-state index in [9.17, 15) is 4.39 Å². The molecule has 0 aliphatic heterocycles. The van der Waals surface area contributed by atoms with Crippen LogP contribution in [-0.2, 0) is 6.54 Å². The topological polar surface area (TPSA) is 56.7 Å². The summed E-state index contributed by atoms with van der Waals surface area (Å²) in [4.78, 5) is 0. The number of aryl methyl sites for hydroxylation is 1. The Morgan fingerprint density at radius 2 is 2.06 bits per heavy atom. The van der Waals surface area contributed by atoms with Gasteiger partial charge in [0.05, 0.1) is 17.9 Å². The zero-order valence-electron chi connectivity index (χ0n) is 9.68. The lowest BCUT2D eigenvalue weighted by Gasteiger charge is -2.13. The Morgan fingerprint density at radius 3 is 2.71 bits per heavy atom. The quantitative estimate of drug-likeness (QED) is 0.878. The van der Waals surface area contributed by atoms with E-state index in [2.05, 4.69) is 17.2 Å². The Morgan fingerprint density at radius 1 is 1.35 bits per heavy atom. The highest BCUT2D eigenvalue weighted by Gasteiger charge is 2.14. The molecule has 0 spiro atoms. The van der Waals surface area contributed by atoms with Crippen LogP contribution in [0.4, 0.5) is 4.39 Å². The third-order valence-corrected chi connectivity index (χ3v) is 2.63. The normalized spacial score (nSPS) is 12.6. The molecular weight excluding hydrogens is 219 g/mol. The number of hydrogen-bond acceptors (Lipinski definition) is 3. The molecule has 5 heteroatoms. The number of nitrogens with two attached hydrogens (primary N) is 1. The van der Waals surface area contributed by atoms with Gasteiger partial charge in [0.25, 0.3) is 0 Å². The van der Waals surface area contributed by atoms with Gasteiger partial charge in [0.15, 0.2) is 0 Å². The molecular formula is C12H15FN4. The molecule has 1 atom stereocenters. The van der Waals surface area contributed by atoms with Crippen LogP contribution in [-0.4, -0.2) is 15.0 Å². The van der Waals surface area contributed by atoms with E-state index in [1.54, 1.807) is 23.0 Å². The first-order valence-corrected chi connectivity index (χ1v) is 5.61. The molecule has 2 aromatic rings. The van der Waals surface area contributed by atoms with Gasteiger partial charge < -0.3 is 5.73 Å². The lowest BCUT2D eigenvalue weighted by atomic mass is 10.1. The summed E-state index contributed by atoms with van der Waals surface area (Å²) in [6.07, 6.45) is 2.62. The second-order valence-electron chi connectivity index (χ2n) is 3.91. The molecule has 0 aliphatic carbocycles. The van der Waals surface area contributed by atoms with Crippen molar-refractivity contribution in [2.75, 3.05) is 0 Å². The van der Waals surface area contributed by atoms with E-state index in [0.29, 0.717) is 0 Å². The fourth-order valence-corrected chi connectivity index (χ4v) is 1.73. The molecule has 0 aliphatic rings. The van der Waals surface area contributed by atoms with Crippen LogP contribution in [0.15, 0.2) is 30.5 Å². The summed E-state index contributed by atoms with van der Waals surface area (Å²) in [7, 11) is 0. The summed E-state index contributed by atoms with van der Waals surface area (Å²) < 4.78 is 14.6. The second-order valence-corrected chi connectivity index (χ2v) is 3.91. The third-order valence-electron chi connectivity index (χ3n) is 2.63. The van der Waals surface area contributed by atoms with Crippen molar-refractivity contribution in [2.45, 2.75) is 25.9 Å².